The van der Waals surface area contributed by atoms with Crippen LogP contribution >= 0.6 is 15.9 Å². The fraction of sp³-hybridized carbons (Fsp3) is 0.500. The summed E-state index contributed by atoms with van der Waals surface area (Å²) in [7, 11) is 0. The fourth-order valence-corrected chi connectivity index (χ4v) is 2.75. The number of aromatic nitrogens is 1. The maximum absolute atomic E-state index is 12.2. The number of carboxylic acid groups (broad SMARTS) is 1. The third-order valence-corrected chi connectivity index (χ3v) is 4.15. The molecule has 1 aromatic heterocycles. The zero-order valence-electron chi connectivity index (χ0n) is 11.1. The van der Waals surface area contributed by atoms with Crippen LogP contribution in [0.3, 0.4) is 0 Å². The van der Waals surface area contributed by atoms with E-state index in [4.69, 9.17) is 0 Å². The van der Waals surface area contributed by atoms with E-state index in [0.29, 0.717) is 12.8 Å². The van der Waals surface area contributed by atoms with Crippen LogP contribution in [0.4, 0.5) is 0 Å². The predicted octanol–water partition coefficient (Wildman–Crippen LogP) is 2.75. The van der Waals surface area contributed by atoms with E-state index >= 15 is 0 Å². The first-order valence-electron chi connectivity index (χ1n) is 6.71. The molecule has 0 aromatic carbocycles. The van der Waals surface area contributed by atoms with Gasteiger partial charge in [0, 0.05) is 10.7 Å². The lowest BCUT2D eigenvalue weighted by molar-refractivity contribution is -0.145. The van der Waals surface area contributed by atoms with Crippen molar-refractivity contribution in [3.63, 3.8) is 0 Å². The normalized spacial score (nSPS) is 18.1. The van der Waals surface area contributed by atoms with Gasteiger partial charge in [-0.1, -0.05) is 25.7 Å². The molecular weight excluding hydrogens is 324 g/mol. The monoisotopic (exact) mass is 340 g/mol. The third-order valence-electron chi connectivity index (χ3n) is 3.68. The number of carboxylic acids is 1. The topological polar surface area (TPSA) is 79.3 Å². The number of hydrogen-bond donors (Lipinski definition) is 2. The highest BCUT2D eigenvalue weighted by Crippen LogP contribution is 2.27. The highest BCUT2D eigenvalue weighted by molar-refractivity contribution is 9.10. The predicted molar refractivity (Wildman–Crippen MR) is 77.5 cm³/mol. The van der Waals surface area contributed by atoms with Gasteiger partial charge in [0.1, 0.15) is 11.2 Å². The number of carbonyl (C=O) groups excluding carboxylic acids is 1. The molecule has 0 radical (unpaired) electrons. The lowest BCUT2D eigenvalue weighted by atomic mass is 9.90. The molecule has 2 rings (SSSR count). The highest BCUT2D eigenvalue weighted by atomic mass is 79.9. The maximum Gasteiger partial charge on any atom is 0.329 e. The Hall–Kier alpha value is -1.43. The van der Waals surface area contributed by atoms with Crippen LogP contribution in [0.5, 0.6) is 0 Å². The molecule has 1 aliphatic carbocycles. The summed E-state index contributed by atoms with van der Waals surface area (Å²) in [6, 6.07) is 3.29. The van der Waals surface area contributed by atoms with Gasteiger partial charge in [0.05, 0.1) is 0 Å². The number of pyridine rings is 1. The second-order valence-corrected chi connectivity index (χ2v) is 6.03. The minimum Gasteiger partial charge on any atom is -0.480 e. The van der Waals surface area contributed by atoms with Crippen LogP contribution in [0.2, 0.25) is 0 Å². The summed E-state index contributed by atoms with van der Waals surface area (Å²) >= 11 is 3.25. The Morgan fingerprint density at radius 2 is 1.85 bits per heavy atom. The number of nitrogens with zero attached hydrogens (tertiary/aromatic N) is 1. The van der Waals surface area contributed by atoms with Crippen LogP contribution in [-0.2, 0) is 4.79 Å². The van der Waals surface area contributed by atoms with Crippen molar-refractivity contribution >= 4 is 27.8 Å². The first-order valence-corrected chi connectivity index (χ1v) is 7.50. The molecular formula is C14H17BrN2O3. The summed E-state index contributed by atoms with van der Waals surface area (Å²) in [6.45, 7) is 0. The second kappa shape index (κ2) is 6.35. The van der Waals surface area contributed by atoms with Gasteiger partial charge < -0.3 is 10.4 Å². The minimum atomic E-state index is -1.15. The van der Waals surface area contributed by atoms with E-state index in [1.165, 1.54) is 6.20 Å². The second-order valence-electron chi connectivity index (χ2n) is 5.12. The molecule has 0 bridgehead atoms. The molecule has 2 N–H and O–H groups in total. The maximum atomic E-state index is 12.2. The summed E-state index contributed by atoms with van der Waals surface area (Å²) in [5.41, 5.74) is -0.916. The smallest absolute Gasteiger partial charge is 0.329 e. The van der Waals surface area contributed by atoms with Crippen LogP contribution in [0, 0.1) is 0 Å². The largest absolute Gasteiger partial charge is 0.480 e. The summed E-state index contributed by atoms with van der Waals surface area (Å²) < 4.78 is 0.775. The average Bonchev–Trinajstić information content (AvgIpc) is 2.66. The highest BCUT2D eigenvalue weighted by Gasteiger charge is 2.40. The number of carbonyl (C=O) groups is 2. The van der Waals surface area contributed by atoms with Gasteiger partial charge in [-0.3, -0.25) is 4.79 Å². The van der Waals surface area contributed by atoms with Crippen molar-refractivity contribution in [2.24, 2.45) is 0 Å². The first-order chi connectivity index (χ1) is 9.53. The van der Waals surface area contributed by atoms with Crippen molar-refractivity contribution in [1.82, 2.24) is 10.3 Å². The molecule has 1 aliphatic rings. The van der Waals surface area contributed by atoms with E-state index in [9.17, 15) is 14.7 Å². The van der Waals surface area contributed by atoms with Crippen molar-refractivity contribution in [3.05, 3.63) is 28.5 Å². The number of amides is 1. The van der Waals surface area contributed by atoms with Gasteiger partial charge in [-0.2, -0.15) is 0 Å². The number of rotatable bonds is 3. The molecule has 6 heteroatoms. The van der Waals surface area contributed by atoms with E-state index in [1.807, 2.05) is 0 Å². The Balaban J connectivity index is 2.17. The van der Waals surface area contributed by atoms with Gasteiger partial charge in [0.25, 0.3) is 5.91 Å². The average molecular weight is 341 g/mol. The summed E-state index contributed by atoms with van der Waals surface area (Å²) in [5, 5.41) is 12.2. The lowest BCUT2D eigenvalue weighted by Gasteiger charge is -2.29. The zero-order chi connectivity index (χ0) is 14.6. The summed E-state index contributed by atoms with van der Waals surface area (Å²) in [5.74, 6) is -1.38. The van der Waals surface area contributed by atoms with E-state index in [1.54, 1.807) is 12.1 Å². The Morgan fingerprint density at radius 3 is 2.35 bits per heavy atom. The van der Waals surface area contributed by atoms with Crippen LogP contribution in [0.1, 0.15) is 49.0 Å². The van der Waals surface area contributed by atoms with Crippen LogP contribution in [-0.4, -0.2) is 27.5 Å². The van der Waals surface area contributed by atoms with Crippen LogP contribution in [0.25, 0.3) is 0 Å². The Bertz CT molecular complexity index is 494. The van der Waals surface area contributed by atoms with Gasteiger partial charge in [-0.25, -0.2) is 9.78 Å². The number of halogens is 1. The molecule has 1 aromatic rings. The van der Waals surface area contributed by atoms with Gasteiger partial charge in [0.2, 0.25) is 0 Å². The van der Waals surface area contributed by atoms with Crippen molar-refractivity contribution in [3.8, 4) is 0 Å². The molecule has 0 spiro atoms. The third kappa shape index (κ3) is 3.36. The molecule has 1 heterocycles. The van der Waals surface area contributed by atoms with E-state index in [-0.39, 0.29) is 5.69 Å². The Kier molecular flexibility index (Phi) is 4.75. The summed E-state index contributed by atoms with van der Waals surface area (Å²) in [6.07, 6.45) is 6.15. The number of hydrogen-bond acceptors (Lipinski definition) is 3. The SMILES string of the molecule is O=C(NC1(C(=O)O)CCCCCC1)c1ccc(Br)cn1. The van der Waals surface area contributed by atoms with E-state index in [0.717, 1.165) is 30.2 Å². The molecule has 108 valence electrons. The van der Waals surface area contributed by atoms with Gasteiger partial charge in [-0.05, 0) is 40.9 Å². The van der Waals surface area contributed by atoms with Gasteiger partial charge in [-0.15, -0.1) is 0 Å². The van der Waals surface area contributed by atoms with E-state index in [2.05, 4.69) is 26.2 Å². The quantitative estimate of drug-likeness (QED) is 0.829. The molecule has 1 amide bonds. The van der Waals surface area contributed by atoms with Crippen molar-refractivity contribution in [2.75, 3.05) is 0 Å². The van der Waals surface area contributed by atoms with Crippen molar-refractivity contribution in [1.29, 1.82) is 0 Å². The van der Waals surface area contributed by atoms with Gasteiger partial charge in [0.15, 0.2) is 0 Å². The number of nitrogens with one attached hydrogen (secondary N) is 1. The standard InChI is InChI=1S/C14H17BrN2O3/c15-10-5-6-11(16-9-10)12(18)17-14(13(19)20)7-3-1-2-4-8-14/h5-6,9H,1-4,7-8H2,(H,17,18)(H,19,20). The Labute approximate surface area is 125 Å². The molecule has 1 saturated carbocycles. The Morgan fingerprint density at radius 1 is 1.20 bits per heavy atom. The zero-order valence-corrected chi connectivity index (χ0v) is 12.6. The molecule has 0 atom stereocenters. The molecule has 1 fully saturated rings. The van der Waals surface area contributed by atoms with Crippen molar-refractivity contribution < 1.29 is 14.7 Å². The number of aliphatic carboxylic acids is 1. The van der Waals surface area contributed by atoms with Gasteiger partial charge >= 0.3 is 5.97 Å². The molecule has 20 heavy (non-hydrogen) atoms. The molecule has 5 nitrogen and oxygen atoms in total. The molecule has 0 aliphatic heterocycles. The van der Waals surface area contributed by atoms with Crippen LogP contribution in [0.15, 0.2) is 22.8 Å². The molecule has 0 unspecified atom stereocenters. The van der Waals surface area contributed by atoms with E-state index < -0.39 is 17.4 Å². The minimum absolute atomic E-state index is 0.234. The fourth-order valence-electron chi connectivity index (χ4n) is 2.52. The molecule has 0 saturated heterocycles. The van der Waals surface area contributed by atoms with Crippen LogP contribution < -0.4 is 5.32 Å². The first kappa shape index (κ1) is 15.0. The summed E-state index contributed by atoms with van der Waals surface area (Å²) in [4.78, 5) is 27.8. The van der Waals surface area contributed by atoms with Crippen molar-refractivity contribution in [2.45, 2.75) is 44.1 Å². The lowest BCUT2D eigenvalue weighted by Crippen LogP contribution is -2.54.